The van der Waals surface area contributed by atoms with Gasteiger partial charge >= 0.3 is 0 Å². The van der Waals surface area contributed by atoms with Crippen molar-refractivity contribution in [2.24, 2.45) is 0 Å². The zero-order chi connectivity index (χ0) is 16.7. The first-order valence-corrected chi connectivity index (χ1v) is 7.99. The summed E-state index contributed by atoms with van der Waals surface area (Å²) in [6, 6.07) is 7.22. The molecule has 5 nitrogen and oxygen atoms in total. The van der Waals surface area contributed by atoms with E-state index in [4.69, 9.17) is 11.6 Å². The number of carbonyl (C=O) groups is 1. The molecule has 122 valence electrons. The molecular weight excluding hydrogens is 331 g/mol. The van der Waals surface area contributed by atoms with Gasteiger partial charge in [0.05, 0.1) is 11.2 Å². The summed E-state index contributed by atoms with van der Waals surface area (Å²) in [5, 5.41) is 4.71. The quantitative estimate of drug-likeness (QED) is 0.718. The maximum atomic E-state index is 12.9. The third-order valence-corrected chi connectivity index (χ3v) is 4.42. The van der Waals surface area contributed by atoms with Crippen LogP contribution in [0.4, 0.5) is 4.39 Å². The van der Waals surface area contributed by atoms with Gasteiger partial charge in [0.25, 0.3) is 5.91 Å². The van der Waals surface area contributed by atoms with Crippen molar-refractivity contribution >= 4 is 23.2 Å². The molecule has 4 rings (SSSR count). The predicted molar refractivity (Wildman–Crippen MR) is 87.7 cm³/mol. The first kappa shape index (κ1) is 15.1. The van der Waals surface area contributed by atoms with Gasteiger partial charge in [0.15, 0.2) is 11.3 Å². The predicted octanol–water partition coefficient (Wildman–Crippen LogP) is 3.05. The summed E-state index contributed by atoms with van der Waals surface area (Å²) >= 11 is 5.89. The standard InChI is InChI=1S/C17H14ClFN4O/c18-14-8-20-16-6-15(21-23(16)10-14)17(24)22-4-3-12-2-1-11(7-19)5-13(12)9-22/h1-2,5-6,8,10H,3-4,7,9H2. The second kappa shape index (κ2) is 5.87. The van der Waals surface area contributed by atoms with Crippen molar-refractivity contribution < 1.29 is 9.18 Å². The normalized spacial score (nSPS) is 14.0. The van der Waals surface area contributed by atoms with Crippen LogP contribution in [0, 0.1) is 0 Å². The molecule has 0 saturated heterocycles. The highest BCUT2D eigenvalue weighted by Crippen LogP contribution is 2.22. The second-order valence-corrected chi connectivity index (χ2v) is 6.25. The van der Waals surface area contributed by atoms with Gasteiger partial charge in [-0.2, -0.15) is 5.10 Å². The highest BCUT2D eigenvalue weighted by atomic mass is 35.5. The summed E-state index contributed by atoms with van der Waals surface area (Å²) in [7, 11) is 0. The van der Waals surface area contributed by atoms with Crippen molar-refractivity contribution in [1.82, 2.24) is 19.5 Å². The number of fused-ring (bicyclic) bond motifs is 2. The Bertz CT molecular complexity index is 939. The molecule has 0 radical (unpaired) electrons. The molecule has 3 aromatic rings. The Kier molecular flexibility index (Phi) is 3.69. The van der Waals surface area contributed by atoms with Crippen molar-refractivity contribution in [2.45, 2.75) is 19.6 Å². The molecule has 0 bridgehead atoms. The highest BCUT2D eigenvalue weighted by Gasteiger charge is 2.24. The lowest BCUT2D eigenvalue weighted by molar-refractivity contribution is 0.0728. The molecule has 7 heteroatoms. The summed E-state index contributed by atoms with van der Waals surface area (Å²) in [5.41, 5.74) is 3.69. The lowest BCUT2D eigenvalue weighted by Crippen LogP contribution is -2.36. The Balaban J connectivity index is 1.62. The summed E-state index contributed by atoms with van der Waals surface area (Å²) in [4.78, 5) is 18.6. The van der Waals surface area contributed by atoms with E-state index in [0.29, 0.717) is 35.0 Å². The fourth-order valence-electron chi connectivity index (χ4n) is 2.99. The van der Waals surface area contributed by atoms with E-state index in [0.717, 1.165) is 12.0 Å². The smallest absolute Gasteiger partial charge is 0.274 e. The number of rotatable bonds is 2. The Labute approximate surface area is 142 Å². The van der Waals surface area contributed by atoms with Crippen molar-refractivity contribution in [2.75, 3.05) is 6.54 Å². The van der Waals surface area contributed by atoms with Crippen molar-refractivity contribution in [3.05, 3.63) is 64.1 Å². The van der Waals surface area contributed by atoms with Gasteiger partial charge in [0.1, 0.15) is 6.67 Å². The number of hydrogen-bond acceptors (Lipinski definition) is 3. The van der Waals surface area contributed by atoms with E-state index in [1.54, 1.807) is 23.2 Å². The molecule has 0 spiro atoms. The highest BCUT2D eigenvalue weighted by molar-refractivity contribution is 6.30. The fourth-order valence-corrected chi connectivity index (χ4v) is 3.13. The number of benzene rings is 1. The van der Waals surface area contributed by atoms with Gasteiger partial charge in [-0.25, -0.2) is 13.9 Å². The minimum Gasteiger partial charge on any atom is -0.333 e. The number of hydrogen-bond donors (Lipinski definition) is 0. The Morgan fingerprint density at radius 3 is 3.00 bits per heavy atom. The molecule has 0 N–H and O–H groups in total. The minimum absolute atomic E-state index is 0.159. The van der Waals surface area contributed by atoms with Crippen LogP contribution in [-0.2, 0) is 19.6 Å². The molecule has 0 saturated carbocycles. The molecule has 24 heavy (non-hydrogen) atoms. The monoisotopic (exact) mass is 344 g/mol. The molecule has 3 heterocycles. The second-order valence-electron chi connectivity index (χ2n) is 5.82. The van der Waals surface area contributed by atoms with Crippen LogP contribution < -0.4 is 0 Å². The Morgan fingerprint density at radius 2 is 2.17 bits per heavy atom. The van der Waals surface area contributed by atoms with Gasteiger partial charge in [-0.3, -0.25) is 4.79 Å². The third kappa shape index (κ3) is 2.63. The van der Waals surface area contributed by atoms with Crippen molar-refractivity contribution in [3.8, 4) is 0 Å². The number of nitrogens with zero attached hydrogens (tertiary/aromatic N) is 4. The van der Waals surface area contributed by atoms with Crippen LogP contribution in [0.5, 0.6) is 0 Å². The molecule has 0 fully saturated rings. The first-order valence-electron chi connectivity index (χ1n) is 7.61. The lowest BCUT2D eigenvalue weighted by Gasteiger charge is -2.28. The Morgan fingerprint density at radius 1 is 1.29 bits per heavy atom. The molecule has 1 aliphatic heterocycles. The first-order chi connectivity index (χ1) is 11.6. The summed E-state index contributed by atoms with van der Waals surface area (Å²) < 4.78 is 14.4. The van der Waals surface area contributed by atoms with Crippen LogP contribution in [0.3, 0.4) is 0 Å². The van der Waals surface area contributed by atoms with Crippen LogP contribution in [0.15, 0.2) is 36.7 Å². The number of aromatic nitrogens is 3. The van der Waals surface area contributed by atoms with E-state index in [9.17, 15) is 9.18 Å². The van der Waals surface area contributed by atoms with Gasteiger partial charge in [0.2, 0.25) is 0 Å². The summed E-state index contributed by atoms with van der Waals surface area (Å²) in [6.45, 7) is 0.576. The summed E-state index contributed by atoms with van der Waals surface area (Å²) in [5.74, 6) is -0.159. The topological polar surface area (TPSA) is 50.5 Å². The van der Waals surface area contributed by atoms with E-state index in [-0.39, 0.29) is 5.91 Å². The number of amides is 1. The van der Waals surface area contributed by atoms with Crippen LogP contribution in [-0.4, -0.2) is 31.9 Å². The van der Waals surface area contributed by atoms with E-state index < -0.39 is 6.67 Å². The molecule has 0 atom stereocenters. The van der Waals surface area contributed by atoms with Crippen molar-refractivity contribution in [3.63, 3.8) is 0 Å². The zero-order valence-electron chi connectivity index (χ0n) is 12.7. The molecule has 2 aromatic heterocycles. The van der Waals surface area contributed by atoms with E-state index >= 15 is 0 Å². The molecular formula is C17H14ClFN4O. The van der Waals surface area contributed by atoms with Crippen LogP contribution >= 0.6 is 11.6 Å². The van der Waals surface area contributed by atoms with Crippen molar-refractivity contribution in [1.29, 1.82) is 0 Å². The van der Waals surface area contributed by atoms with Gasteiger partial charge < -0.3 is 4.90 Å². The lowest BCUT2D eigenvalue weighted by atomic mass is 9.97. The molecule has 1 aromatic carbocycles. The van der Waals surface area contributed by atoms with E-state index in [1.807, 2.05) is 12.1 Å². The van der Waals surface area contributed by atoms with Gasteiger partial charge in [-0.15, -0.1) is 0 Å². The maximum Gasteiger partial charge on any atom is 0.274 e. The van der Waals surface area contributed by atoms with E-state index in [1.165, 1.54) is 16.3 Å². The van der Waals surface area contributed by atoms with Crippen LogP contribution in [0.25, 0.3) is 5.65 Å². The number of halogens is 2. The van der Waals surface area contributed by atoms with Gasteiger partial charge in [0, 0.05) is 25.4 Å². The SMILES string of the molecule is O=C(c1cc2ncc(Cl)cn2n1)N1CCc2ccc(CF)cc2C1. The zero-order valence-corrected chi connectivity index (χ0v) is 13.5. The molecule has 0 aliphatic carbocycles. The minimum atomic E-state index is -0.500. The van der Waals surface area contributed by atoms with E-state index in [2.05, 4.69) is 10.1 Å². The van der Waals surface area contributed by atoms with Crippen LogP contribution in [0.2, 0.25) is 5.02 Å². The molecule has 1 amide bonds. The third-order valence-electron chi connectivity index (χ3n) is 4.23. The van der Waals surface area contributed by atoms with Crippen LogP contribution in [0.1, 0.15) is 27.2 Å². The molecule has 0 unspecified atom stereocenters. The summed E-state index contributed by atoms with van der Waals surface area (Å²) in [6.07, 6.45) is 3.88. The fraction of sp³-hybridized carbons (Fsp3) is 0.235. The van der Waals surface area contributed by atoms with Gasteiger partial charge in [-0.1, -0.05) is 29.8 Å². The average Bonchev–Trinajstić information content (AvgIpc) is 3.03. The largest absolute Gasteiger partial charge is 0.333 e. The average molecular weight is 345 g/mol. The number of alkyl halides is 1. The molecule has 1 aliphatic rings. The Hall–Kier alpha value is -2.47. The maximum absolute atomic E-state index is 12.9. The van der Waals surface area contributed by atoms with Gasteiger partial charge in [-0.05, 0) is 23.1 Å². The number of carbonyl (C=O) groups excluding carboxylic acids is 1.